The van der Waals surface area contributed by atoms with Crippen molar-refractivity contribution in [1.29, 1.82) is 0 Å². The Hall–Kier alpha value is -1.23. The van der Waals surface area contributed by atoms with Crippen molar-refractivity contribution in [2.24, 2.45) is 0 Å². The molecule has 3 rings (SSSR count). The van der Waals surface area contributed by atoms with Crippen LogP contribution in [0.5, 0.6) is 0 Å². The molecule has 0 saturated heterocycles. The number of halogens is 1. The molecule has 2 nitrogen and oxygen atoms in total. The van der Waals surface area contributed by atoms with Crippen LogP contribution in [0.3, 0.4) is 0 Å². The van der Waals surface area contributed by atoms with E-state index >= 15 is 0 Å². The normalized spacial score (nSPS) is 12.7. The lowest BCUT2D eigenvalue weighted by molar-refractivity contribution is 0.603. The summed E-state index contributed by atoms with van der Waals surface area (Å²) in [5.74, 6) is 0. The van der Waals surface area contributed by atoms with Gasteiger partial charge in [0.05, 0.1) is 9.83 Å². The first kappa shape index (κ1) is 14.7. The molecule has 0 bridgehead atoms. The van der Waals surface area contributed by atoms with Crippen molar-refractivity contribution in [3.05, 3.63) is 63.0 Å². The van der Waals surface area contributed by atoms with Gasteiger partial charge < -0.3 is 5.32 Å². The van der Waals surface area contributed by atoms with Crippen LogP contribution in [-0.4, -0.2) is 11.5 Å². The Kier molecular flexibility index (Phi) is 4.68. The van der Waals surface area contributed by atoms with Gasteiger partial charge >= 0.3 is 0 Å². The van der Waals surface area contributed by atoms with E-state index in [1.807, 2.05) is 12.4 Å². The zero-order valence-electron chi connectivity index (χ0n) is 11.8. The molecule has 1 aromatic carbocycles. The summed E-state index contributed by atoms with van der Waals surface area (Å²) < 4.78 is 1.17. The molecule has 108 valence electrons. The Morgan fingerprint density at radius 1 is 1.33 bits per heavy atom. The van der Waals surface area contributed by atoms with E-state index in [0.717, 1.165) is 13.0 Å². The highest BCUT2D eigenvalue weighted by molar-refractivity contribution is 9.11. The van der Waals surface area contributed by atoms with Gasteiger partial charge in [0.25, 0.3) is 0 Å². The van der Waals surface area contributed by atoms with Crippen molar-refractivity contribution in [2.45, 2.75) is 19.4 Å². The minimum atomic E-state index is 0.209. The molecule has 21 heavy (non-hydrogen) atoms. The second-order valence-electron chi connectivity index (χ2n) is 5.02. The van der Waals surface area contributed by atoms with Crippen LogP contribution in [0.1, 0.15) is 30.5 Å². The average molecular weight is 361 g/mol. The van der Waals surface area contributed by atoms with Gasteiger partial charge in [0.2, 0.25) is 0 Å². The number of fused-ring (bicyclic) bond motifs is 1. The topological polar surface area (TPSA) is 24.9 Å². The van der Waals surface area contributed by atoms with Crippen LogP contribution in [0.4, 0.5) is 0 Å². The maximum atomic E-state index is 4.30. The molecule has 0 saturated carbocycles. The lowest BCUT2D eigenvalue weighted by Crippen LogP contribution is -2.23. The third kappa shape index (κ3) is 3.18. The number of pyridine rings is 1. The summed E-state index contributed by atoms with van der Waals surface area (Å²) in [4.78, 5) is 4.30. The first-order chi connectivity index (χ1) is 10.3. The van der Waals surface area contributed by atoms with Crippen LogP contribution in [0.25, 0.3) is 10.8 Å². The number of hydrogen-bond donors (Lipinski definition) is 1. The largest absolute Gasteiger partial charge is 0.306 e. The zero-order valence-corrected chi connectivity index (χ0v) is 14.2. The number of hydrogen-bond acceptors (Lipinski definition) is 3. The van der Waals surface area contributed by atoms with Crippen LogP contribution >= 0.6 is 27.3 Å². The molecule has 1 unspecified atom stereocenters. The van der Waals surface area contributed by atoms with Gasteiger partial charge in [-0.1, -0.05) is 25.1 Å². The Labute approximate surface area is 137 Å². The van der Waals surface area contributed by atoms with E-state index in [1.54, 1.807) is 11.3 Å². The molecule has 0 spiro atoms. The van der Waals surface area contributed by atoms with Gasteiger partial charge in [-0.3, -0.25) is 4.98 Å². The van der Waals surface area contributed by atoms with Gasteiger partial charge in [0.15, 0.2) is 0 Å². The predicted molar refractivity (Wildman–Crippen MR) is 93.9 cm³/mol. The number of nitrogens with zero attached hydrogens (tertiary/aromatic N) is 1. The lowest BCUT2D eigenvalue weighted by Gasteiger charge is -2.20. The highest BCUT2D eigenvalue weighted by Crippen LogP contribution is 2.32. The Balaban J connectivity index is 2.09. The second kappa shape index (κ2) is 6.69. The molecule has 0 aliphatic carbocycles. The standard InChI is InChI=1S/C17H17BrN2S/c1-2-7-20-17(13-9-16(18)21-11-13)14-5-3-4-12-6-8-19-10-15(12)14/h3-6,8-11,17,20H,2,7H2,1H3. The van der Waals surface area contributed by atoms with Gasteiger partial charge in [0, 0.05) is 17.8 Å². The zero-order chi connectivity index (χ0) is 14.7. The molecular formula is C17H17BrN2S. The highest BCUT2D eigenvalue weighted by atomic mass is 79.9. The fourth-order valence-electron chi connectivity index (χ4n) is 2.56. The van der Waals surface area contributed by atoms with Gasteiger partial charge in [-0.05, 0) is 62.9 Å². The molecule has 4 heteroatoms. The van der Waals surface area contributed by atoms with Crippen molar-refractivity contribution in [2.75, 3.05) is 6.54 Å². The SMILES string of the molecule is CCCNC(c1csc(Br)c1)c1cccc2ccncc12. The van der Waals surface area contributed by atoms with E-state index in [9.17, 15) is 0 Å². The number of aromatic nitrogens is 1. The van der Waals surface area contributed by atoms with E-state index < -0.39 is 0 Å². The van der Waals surface area contributed by atoms with Crippen LogP contribution in [0, 0.1) is 0 Å². The van der Waals surface area contributed by atoms with Crippen molar-refractivity contribution in [1.82, 2.24) is 10.3 Å². The molecule has 2 heterocycles. The fourth-order valence-corrected chi connectivity index (χ4v) is 3.76. The smallest absolute Gasteiger partial charge is 0.0701 e. The first-order valence-corrected chi connectivity index (χ1v) is 8.77. The summed E-state index contributed by atoms with van der Waals surface area (Å²) >= 11 is 5.30. The summed E-state index contributed by atoms with van der Waals surface area (Å²) in [6.07, 6.45) is 4.93. The van der Waals surface area contributed by atoms with Crippen molar-refractivity contribution in [3.63, 3.8) is 0 Å². The van der Waals surface area contributed by atoms with E-state index in [4.69, 9.17) is 0 Å². The Bertz CT molecular complexity index is 733. The van der Waals surface area contributed by atoms with Crippen LogP contribution in [0.2, 0.25) is 0 Å². The van der Waals surface area contributed by atoms with Gasteiger partial charge in [-0.2, -0.15) is 0 Å². The third-order valence-electron chi connectivity index (χ3n) is 3.55. The molecule has 0 fully saturated rings. The number of nitrogens with one attached hydrogen (secondary N) is 1. The fraction of sp³-hybridized carbons (Fsp3) is 0.235. The molecule has 0 amide bonds. The first-order valence-electron chi connectivity index (χ1n) is 7.09. The molecule has 0 aliphatic rings. The van der Waals surface area contributed by atoms with E-state index in [2.05, 4.69) is 68.9 Å². The highest BCUT2D eigenvalue weighted by Gasteiger charge is 2.17. The van der Waals surface area contributed by atoms with Gasteiger partial charge in [-0.15, -0.1) is 11.3 Å². The number of thiophene rings is 1. The average Bonchev–Trinajstić information content (AvgIpc) is 2.94. The van der Waals surface area contributed by atoms with Crippen LogP contribution < -0.4 is 5.32 Å². The maximum absolute atomic E-state index is 4.30. The summed E-state index contributed by atoms with van der Waals surface area (Å²) in [5.41, 5.74) is 2.59. The van der Waals surface area contributed by atoms with Crippen LogP contribution in [0.15, 0.2) is 51.9 Å². The molecule has 3 aromatic rings. The molecule has 1 N–H and O–H groups in total. The van der Waals surface area contributed by atoms with E-state index in [-0.39, 0.29) is 6.04 Å². The van der Waals surface area contributed by atoms with Gasteiger partial charge in [-0.25, -0.2) is 0 Å². The minimum Gasteiger partial charge on any atom is -0.306 e. The maximum Gasteiger partial charge on any atom is 0.0701 e. The summed E-state index contributed by atoms with van der Waals surface area (Å²) in [6, 6.07) is 10.9. The summed E-state index contributed by atoms with van der Waals surface area (Å²) in [6.45, 7) is 3.19. The van der Waals surface area contributed by atoms with Crippen molar-refractivity contribution < 1.29 is 0 Å². The predicted octanol–water partition coefficient (Wildman–Crippen LogP) is 5.15. The molecule has 2 aromatic heterocycles. The Morgan fingerprint density at radius 2 is 2.24 bits per heavy atom. The van der Waals surface area contributed by atoms with Crippen LogP contribution in [-0.2, 0) is 0 Å². The van der Waals surface area contributed by atoms with E-state index in [0.29, 0.717) is 0 Å². The Morgan fingerprint density at radius 3 is 3.00 bits per heavy atom. The lowest BCUT2D eigenvalue weighted by atomic mass is 9.96. The summed E-state index contributed by atoms with van der Waals surface area (Å²) in [5, 5.41) is 8.34. The molecule has 0 radical (unpaired) electrons. The van der Waals surface area contributed by atoms with Crippen molar-refractivity contribution >= 4 is 38.0 Å². The number of benzene rings is 1. The summed E-state index contributed by atoms with van der Waals surface area (Å²) in [7, 11) is 0. The quantitative estimate of drug-likeness (QED) is 0.680. The third-order valence-corrected chi connectivity index (χ3v) is 5.07. The molecule has 0 aliphatic heterocycles. The molecule has 1 atom stereocenters. The monoisotopic (exact) mass is 360 g/mol. The van der Waals surface area contributed by atoms with E-state index in [1.165, 1.54) is 25.7 Å². The minimum absolute atomic E-state index is 0.209. The molecular weight excluding hydrogens is 344 g/mol. The van der Waals surface area contributed by atoms with Crippen molar-refractivity contribution in [3.8, 4) is 0 Å². The van der Waals surface area contributed by atoms with Gasteiger partial charge in [0.1, 0.15) is 0 Å². The number of rotatable bonds is 5. The second-order valence-corrected chi connectivity index (χ2v) is 7.31.